The molecule has 0 aliphatic heterocycles. The summed E-state index contributed by atoms with van der Waals surface area (Å²) in [4.78, 5) is 6.76. The van der Waals surface area contributed by atoms with E-state index in [9.17, 15) is 5.11 Å². The minimum absolute atomic E-state index is 0. The predicted octanol–water partition coefficient (Wildman–Crippen LogP) is 2.75. The lowest BCUT2D eigenvalue weighted by atomic mass is 10.1. The maximum atomic E-state index is 9.94. The number of ether oxygens (including phenoxy) is 2. The number of aliphatic imine (C=N–C) groups is 1. The topological polar surface area (TPSA) is 66.3 Å². The van der Waals surface area contributed by atoms with Gasteiger partial charge in [0.05, 0.1) is 19.8 Å². The van der Waals surface area contributed by atoms with Gasteiger partial charge in [-0.15, -0.1) is 24.0 Å². The molecule has 1 aromatic carbocycles. The van der Waals surface area contributed by atoms with Gasteiger partial charge in [0.2, 0.25) is 0 Å². The van der Waals surface area contributed by atoms with Crippen LogP contribution in [0.3, 0.4) is 0 Å². The third-order valence-electron chi connectivity index (χ3n) is 4.55. The highest BCUT2D eigenvalue weighted by Gasteiger charge is 2.24. The Morgan fingerprint density at radius 2 is 1.96 bits per heavy atom. The molecule has 0 aromatic heterocycles. The minimum atomic E-state index is -0.199. The molecule has 7 heteroatoms. The van der Waals surface area contributed by atoms with Crippen LogP contribution in [0.15, 0.2) is 29.3 Å². The van der Waals surface area contributed by atoms with E-state index in [4.69, 9.17) is 14.5 Å². The van der Waals surface area contributed by atoms with Gasteiger partial charge in [0.25, 0.3) is 0 Å². The molecule has 0 heterocycles. The second-order valence-corrected chi connectivity index (χ2v) is 6.40. The van der Waals surface area contributed by atoms with Gasteiger partial charge in [-0.05, 0) is 44.0 Å². The number of halogens is 1. The molecule has 0 radical (unpaired) electrons. The first kappa shape index (κ1) is 22.8. The molecule has 2 rings (SSSR count). The van der Waals surface area contributed by atoms with E-state index in [0.29, 0.717) is 13.2 Å². The van der Waals surface area contributed by atoms with Crippen LogP contribution in [0.2, 0.25) is 0 Å². The van der Waals surface area contributed by atoms with Gasteiger partial charge in [0, 0.05) is 26.1 Å². The van der Waals surface area contributed by atoms with Gasteiger partial charge < -0.3 is 24.8 Å². The molecular formula is C19H32IN3O3. The molecule has 1 aliphatic carbocycles. The summed E-state index contributed by atoms with van der Waals surface area (Å²) in [7, 11) is 3.65. The third kappa shape index (κ3) is 7.19. The highest BCUT2D eigenvalue weighted by molar-refractivity contribution is 14.0. The van der Waals surface area contributed by atoms with Crippen LogP contribution in [0, 0.1) is 5.92 Å². The Morgan fingerprint density at radius 3 is 2.54 bits per heavy atom. The molecule has 1 fully saturated rings. The van der Waals surface area contributed by atoms with E-state index in [1.54, 1.807) is 7.11 Å². The van der Waals surface area contributed by atoms with Gasteiger partial charge >= 0.3 is 0 Å². The number of nitrogens with one attached hydrogen (secondary N) is 1. The first-order valence-electron chi connectivity index (χ1n) is 9.08. The SMILES string of the molecule is CCNC(=NCC1CCCC1O)N(C)CCOc1ccc(OC)cc1.I. The van der Waals surface area contributed by atoms with E-state index in [-0.39, 0.29) is 36.0 Å². The number of benzene rings is 1. The number of likely N-dealkylation sites (N-methyl/N-ethyl adjacent to an activating group) is 1. The lowest BCUT2D eigenvalue weighted by Crippen LogP contribution is -2.41. The smallest absolute Gasteiger partial charge is 0.193 e. The number of nitrogens with zero attached hydrogens (tertiary/aromatic N) is 2. The molecular weight excluding hydrogens is 445 g/mol. The molecule has 148 valence electrons. The summed E-state index contributed by atoms with van der Waals surface area (Å²) in [6.45, 7) is 4.84. The van der Waals surface area contributed by atoms with Gasteiger partial charge in [-0.3, -0.25) is 4.99 Å². The number of hydrogen-bond donors (Lipinski definition) is 2. The maximum absolute atomic E-state index is 9.94. The lowest BCUT2D eigenvalue weighted by molar-refractivity contribution is 0.136. The van der Waals surface area contributed by atoms with Gasteiger partial charge in [0.1, 0.15) is 18.1 Å². The summed E-state index contributed by atoms with van der Waals surface area (Å²) in [5, 5.41) is 13.3. The van der Waals surface area contributed by atoms with E-state index < -0.39 is 0 Å². The zero-order chi connectivity index (χ0) is 18.1. The summed E-state index contributed by atoms with van der Waals surface area (Å²) in [6.07, 6.45) is 2.87. The van der Waals surface area contributed by atoms with E-state index >= 15 is 0 Å². The molecule has 1 aromatic rings. The second-order valence-electron chi connectivity index (χ2n) is 6.40. The second kappa shape index (κ2) is 12.2. The summed E-state index contributed by atoms with van der Waals surface area (Å²) < 4.78 is 10.9. The van der Waals surface area contributed by atoms with Crippen molar-refractivity contribution < 1.29 is 14.6 Å². The van der Waals surface area contributed by atoms with Crippen LogP contribution in [0.5, 0.6) is 11.5 Å². The molecule has 0 bridgehead atoms. The number of guanidine groups is 1. The first-order valence-corrected chi connectivity index (χ1v) is 9.08. The van der Waals surface area contributed by atoms with Crippen molar-refractivity contribution in [3.63, 3.8) is 0 Å². The van der Waals surface area contributed by atoms with E-state index in [1.807, 2.05) is 31.3 Å². The maximum Gasteiger partial charge on any atom is 0.193 e. The summed E-state index contributed by atoms with van der Waals surface area (Å²) in [5.74, 6) is 2.79. The molecule has 26 heavy (non-hydrogen) atoms. The third-order valence-corrected chi connectivity index (χ3v) is 4.55. The normalized spacial score (nSPS) is 19.6. The van der Waals surface area contributed by atoms with Crippen LogP contribution in [-0.2, 0) is 0 Å². The van der Waals surface area contributed by atoms with Crippen molar-refractivity contribution in [3.05, 3.63) is 24.3 Å². The number of aliphatic hydroxyl groups is 1. The molecule has 6 nitrogen and oxygen atoms in total. The Balaban J connectivity index is 0.00000338. The highest BCUT2D eigenvalue weighted by Crippen LogP contribution is 2.25. The van der Waals surface area contributed by atoms with Crippen molar-refractivity contribution in [1.29, 1.82) is 0 Å². The lowest BCUT2D eigenvalue weighted by Gasteiger charge is -2.23. The Kier molecular flexibility index (Phi) is 10.7. The van der Waals surface area contributed by atoms with Gasteiger partial charge in [-0.2, -0.15) is 0 Å². The largest absolute Gasteiger partial charge is 0.497 e. The average Bonchev–Trinajstić information content (AvgIpc) is 3.04. The standard InChI is InChI=1S/C19H31N3O3.HI/c1-4-20-19(21-14-15-6-5-7-18(15)23)22(2)12-13-25-17-10-8-16(24-3)9-11-17;/h8-11,15,18,23H,4-7,12-14H2,1-3H3,(H,20,21);1H. The molecule has 2 N–H and O–H groups in total. The molecule has 0 amide bonds. The summed E-state index contributed by atoms with van der Waals surface area (Å²) >= 11 is 0. The van der Waals surface area contributed by atoms with Crippen molar-refractivity contribution in [2.75, 3.05) is 40.4 Å². The molecule has 1 saturated carbocycles. The monoisotopic (exact) mass is 477 g/mol. The van der Waals surface area contributed by atoms with Crippen LogP contribution < -0.4 is 14.8 Å². The Morgan fingerprint density at radius 1 is 1.27 bits per heavy atom. The molecule has 2 unspecified atom stereocenters. The van der Waals surface area contributed by atoms with Crippen molar-refractivity contribution in [2.45, 2.75) is 32.3 Å². The molecule has 1 aliphatic rings. The van der Waals surface area contributed by atoms with Crippen molar-refractivity contribution in [3.8, 4) is 11.5 Å². The van der Waals surface area contributed by atoms with E-state index in [0.717, 1.165) is 49.8 Å². The minimum Gasteiger partial charge on any atom is -0.497 e. The van der Waals surface area contributed by atoms with Crippen LogP contribution in [0.4, 0.5) is 0 Å². The van der Waals surface area contributed by atoms with Crippen LogP contribution in [0.1, 0.15) is 26.2 Å². The fourth-order valence-electron chi connectivity index (χ4n) is 2.98. The first-order chi connectivity index (χ1) is 12.1. The van der Waals surface area contributed by atoms with Crippen LogP contribution >= 0.6 is 24.0 Å². The van der Waals surface area contributed by atoms with Crippen molar-refractivity contribution in [2.24, 2.45) is 10.9 Å². The van der Waals surface area contributed by atoms with Gasteiger partial charge in [-0.25, -0.2) is 0 Å². The Bertz CT molecular complexity index is 539. The zero-order valence-corrected chi connectivity index (χ0v) is 18.3. The number of rotatable bonds is 8. The van der Waals surface area contributed by atoms with Crippen LogP contribution in [-0.4, -0.2) is 62.5 Å². The predicted molar refractivity (Wildman–Crippen MR) is 116 cm³/mol. The van der Waals surface area contributed by atoms with E-state index in [2.05, 4.69) is 17.1 Å². The molecule has 2 atom stereocenters. The van der Waals surface area contributed by atoms with Crippen LogP contribution in [0.25, 0.3) is 0 Å². The quantitative estimate of drug-likeness (QED) is 0.343. The number of aliphatic hydroxyl groups excluding tert-OH is 1. The summed E-state index contributed by atoms with van der Waals surface area (Å²) in [5.41, 5.74) is 0. The fourth-order valence-corrected chi connectivity index (χ4v) is 2.98. The Labute approximate surface area is 174 Å². The van der Waals surface area contributed by atoms with Gasteiger partial charge in [0.15, 0.2) is 5.96 Å². The van der Waals surface area contributed by atoms with Crippen molar-refractivity contribution in [1.82, 2.24) is 10.2 Å². The summed E-state index contributed by atoms with van der Waals surface area (Å²) in [6, 6.07) is 7.58. The Hall–Kier alpha value is -1.22. The number of hydrogen-bond acceptors (Lipinski definition) is 4. The van der Waals surface area contributed by atoms with E-state index in [1.165, 1.54) is 0 Å². The molecule has 0 spiro atoms. The zero-order valence-electron chi connectivity index (χ0n) is 16.0. The van der Waals surface area contributed by atoms with Crippen molar-refractivity contribution >= 4 is 29.9 Å². The van der Waals surface area contributed by atoms with Gasteiger partial charge in [-0.1, -0.05) is 6.42 Å². The average molecular weight is 477 g/mol. The highest BCUT2D eigenvalue weighted by atomic mass is 127. The number of methoxy groups -OCH3 is 1. The fraction of sp³-hybridized carbons (Fsp3) is 0.632. The molecule has 0 saturated heterocycles.